The lowest BCUT2D eigenvalue weighted by molar-refractivity contribution is 0.0464. The number of aromatic amines is 1. The first-order chi connectivity index (χ1) is 11.0. The van der Waals surface area contributed by atoms with Gasteiger partial charge in [-0.25, -0.2) is 9.78 Å². The van der Waals surface area contributed by atoms with E-state index in [4.69, 9.17) is 4.74 Å². The van der Waals surface area contributed by atoms with Crippen molar-refractivity contribution in [3.8, 4) is 11.3 Å². The fourth-order valence-corrected chi connectivity index (χ4v) is 2.81. The Kier molecular flexibility index (Phi) is 4.12. The van der Waals surface area contributed by atoms with E-state index in [0.717, 1.165) is 16.3 Å². The molecule has 23 heavy (non-hydrogen) atoms. The van der Waals surface area contributed by atoms with Crippen LogP contribution in [0.3, 0.4) is 0 Å². The van der Waals surface area contributed by atoms with E-state index in [0.29, 0.717) is 11.4 Å². The molecule has 3 heterocycles. The van der Waals surface area contributed by atoms with E-state index in [1.165, 1.54) is 0 Å². The Bertz CT molecular complexity index is 846. The highest BCUT2D eigenvalue weighted by molar-refractivity contribution is 7.09. The number of carbonyl (C=O) groups is 2. The third-order valence-corrected chi connectivity index (χ3v) is 4.14. The molecule has 0 aliphatic heterocycles. The van der Waals surface area contributed by atoms with Gasteiger partial charge in [-0.05, 0) is 25.1 Å². The Balaban J connectivity index is 1.70. The summed E-state index contributed by atoms with van der Waals surface area (Å²) in [6.07, 6.45) is 3.46. The molecule has 7 heteroatoms. The molecule has 0 unspecified atom stereocenters. The van der Waals surface area contributed by atoms with Crippen molar-refractivity contribution < 1.29 is 14.3 Å². The van der Waals surface area contributed by atoms with Crippen LogP contribution in [0.1, 0.15) is 26.0 Å². The highest BCUT2D eigenvalue weighted by Crippen LogP contribution is 2.23. The number of nitrogens with one attached hydrogen (secondary N) is 1. The first-order valence-corrected chi connectivity index (χ1v) is 7.85. The summed E-state index contributed by atoms with van der Waals surface area (Å²) in [6, 6.07) is 5.08. The molecule has 3 rings (SSSR count). The van der Waals surface area contributed by atoms with Gasteiger partial charge < -0.3 is 14.3 Å². The van der Waals surface area contributed by atoms with Crippen molar-refractivity contribution in [2.24, 2.45) is 7.05 Å². The number of rotatable bonds is 5. The average Bonchev–Trinajstić information content (AvgIpc) is 3.24. The molecule has 0 saturated heterocycles. The first-order valence-electron chi connectivity index (χ1n) is 6.97. The molecule has 0 atom stereocenters. The Morgan fingerprint density at radius 3 is 2.91 bits per heavy atom. The minimum absolute atomic E-state index is 0.270. The third kappa shape index (κ3) is 3.24. The zero-order chi connectivity index (χ0) is 16.4. The van der Waals surface area contributed by atoms with Crippen LogP contribution < -0.4 is 0 Å². The van der Waals surface area contributed by atoms with Crippen molar-refractivity contribution in [1.29, 1.82) is 0 Å². The maximum atomic E-state index is 12.2. The molecule has 0 aliphatic rings. The number of aryl methyl sites for hydroxylation is 2. The van der Waals surface area contributed by atoms with Gasteiger partial charge in [-0.15, -0.1) is 11.3 Å². The second kappa shape index (κ2) is 6.21. The molecule has 3 aromatic heterocycles. The SMILES string of the molecule is Cc1nc(-c2cc(C(=O)OCC(=O)c3ccc[nH]3)n(C)c2)cs1. The van der Waals surface area contributed by atoms with Crippen molar-refractivity contribution in [3.63, 3.8) is 0 Å². The number of nitrogens with zero attached hydrogens (tertiary/aromatic N) is 2. The molecule has 0 saturated carbocycles. The van der Waals surface area contributed by atoms with Crippen LogP contribution in [0.25, 0.3) is 11.3 Å². The summed E-state index contributed by atoms with van der Waals surface area (Å²) in [4.78, 5) is 31.2. The number of H-pyrrole nitrogens is 1. The molecule has 0 radical (unpaired) electrons. The van der Waals surface area contributed by atoms with Gasteiger partial charge in [-0.2, -0.15) is 0 Å². The second-order valence-electron chi connectivity index (χ2n) is 5.06. The molecule has 6 nitrogen and oxygen atoms in total. The minimum Gasteiger partial charge on any atom is -0.453 e. The summed E-state index contributed by atoms with van der Waals surface area (Å²) >= 11 is 1.55. The van der Waals surface area contributed by atoms with Gasteiger partial charge in [0.25, 0.3) is 0 Å². The van der Waals surface area contributed by atoms with E-state index in [1.54, 1.807) is 47.3 Å². The molecular formula is C16H15N3O3S. The Morgan fingerprint density at radius 2 is 2.26 bits per heavy atom. The average molecular weight is 329 g/mol. The number of thiazole rings is 1. The predicted molar refractivity (Wildman–Crippen MR) is 86.7 cm³/mol. The molecule has 0 spiro atoms. The highest BCUT2D eigenvalue weighted by Gasteiger charge is 2.17. The van der Waals surface area contributed by atoms with Gasteiger partial charge in [0, 0.05) is 30.4 Å². The van der Waals surface area contributed by atoms with Crippen LogP contribution in [0.5, 0.6) is 0 Å². The van der Waals surface area contributed by atoms with Crippen molar-refractivity contribution in [2.45, 2.75) is 6.92 Å². The van der Waals surface area contributed by atoms with Gasteiger partial charge in [0.15, 0.2) is 6.61 Å². The Hall–Kier alpha value is -2.67. The largest absolute Gasteiger partial charge is 0.453 e. The van der Waals surface area contributed by atoms with Crippen LogP contribution in [0.4, 0.5) is 0 Å². The number of hydrogen-bond donors (Lipinski definition) is 1. The van der Waals surface area contributed by atoms with Crippen LogP contribution in [0.15, 0.2) is 36.0 Å². The fourth-order valence-electron chi connectivity index (χ4n) is 2.19. The summed E-state index contributed by atoms with van der Waals surface area (Å²) in [6.45, 7) is 1.63. The van der Waals surface area contributed by atoms with Gasteiger partial charge in [-0.1, -0.05) is 0 Å². The smallest absolute Gasteiger partial charge is 0.355 e. The predicted octanol–water partition coefficient (Wildman–Crippen LogP) is 2.82. The van der Waals surface area contributed by atoms with Gasteiger partial charge in [0.2, 0.25) is 5.78 Å². The number of ketones is 1. The normalized spacial score (nSPS) is 10.7. The zero-order valence-electron chi connectivity index (χ0n) is 12.7. The lowest BCUT2D eigenvalue weighted by Gasteiger charge is -2.04. The number of esters is 1. The van der Waals surface area contributed by atoms with Gasteiger partial charge in [0.1, 0.15) is 5.69 Å². The number of carbonyl (C=O) groups excluding carboxylic acids is 2. The maximum absolute atomic E-state index is 12.2. The van der Waals surface area contributed by atoms with E-state index < -0.39 is 5.97 Å². The van der Waals surface area contributed by atoms with Crippen LogP contribution in [-0.4, -0.2) is 32.9 Å². The molecular weight excluding hydrogens is 314 g/mol. The molecule has 0 amide bonds. The topological polar surface area (TPSA) is 77.0 Å². The standard InChI is InChI=1S/C16H15N3O3S/c1-10-18-13(9-23-10)11-6-14(19(2)7-11)16(21)22-8-15(20)12-4-3-5-17-12/h3-7,9,17H,8H2,1-2H3. The fraction of sp³-hybridized carbons (Fsp3) is 0.188. The van der Waals surface area contributed by atoms with E-state index in [2.05, 4.69) is 9.97 Å². The summed E-state index contributed by atoms with van der Waals surface area (Å²) < 4.78 is 6.77. The summed E-state index contributed by atoms with van der Waals surface area (Å²) in [7, 11) is 1.76. The van der Waals surface area contributed by atoms with Crippen LogP contribution in [-0.2, 0) is 11.8 Å². The monoisotopic (exact) mass is 329 g/mol. The first kappa shape index (κ1) is 15.2. The van der Waals surface area contributed by atoms with Crippen LogP contribution >= 0.6 is 11.3 Å². The van der Waals surface area contributed by atoms with Crippen LogP contribution in [0, 0.1) is 6.92 Å². The van der Waals surface area contributed by atoms with Crippen molar-refractivity contribution in [2.75, 3.05) is 6.61 Å². The van der Waals surface area contributed by atoms with Crippen molar-refractivity contribution in [1.82, 2.24) is 14.5 Å². The number of Topliss-reactive ketones (excluding diaryl/α,β-unsaturated/α-hetero) is 1. The van der Waals surface area contributed by atoms with Crippen LogP contribution in [0.2, 0.25) is 0 Å². The molecule has 0 aliphatic carbocycles. The summed E-state index contributed by atoms with van der Waals surface area (Å²) in [5.41, 5.74) is 2.47. The second-order valence-corrected chi connectivity index (χ2v) is 6.12. The lowest BCUT2D eigenvalue weighted by Crippen LogP contribution is -2.16. The third-order valence-electron chi connectivity index (χ3n) is 3.36. The molecule has 1 N–H and O–H groups in total. The van der Waals surface area contributed by atoms with E-state index in [1.807, 2.05) is 18.5 Å². The van der Waals surface area contributed by atoms with E-state index in [-0.39, 0.29) is 12.4 Å². The Morgan fingerprint density at radius 1 is 1.43 bits per heavy atom. The van der Waals surface area contributed by atoms with Crippen molar-refractivity contribution >= 4 is 23.1 Å². The molecule has 3 aromatic rings. The summed E-state index contributed by atoms with van der Waals surface area (Å²) in [5.74, 6) is -0.807. The maximum Gasteiger partial charge on any atom is 0.355 e. The molecule has 0 fully saturated rings. The number of aromatic nitrogens is 3. The van der Waals surface area contributed by atoms with E-state index >= 15 is 0 Å². The quantitative estimate of drug-likeness (QED) is 0.577. The van der Waals surface area contributed by atoms with Gasteiger partial charge >= 0.3 is 5.97 Å². The Labute approximate surface area is 136 Å². The molecule has 0 aromatic carbocycles. The summed E-state index contributed by atoms with van der Waals surface area (Å²) in [5, 5.41) is 2.90. The number of ether oxygens (including phenoxy) is 1. The lowest BCUT2D eigenvalue weighted by atomic mass is 10.2. The van der Waals surface area contributed by atoms with E-state index in [9.17, 15) is 9.59 Å². The van der Waals surface area contributed by atoms with Crippen molar-refractivity contribution in [3.05, 3.63) is 52.4 Å². The van der Waals surface area contributed by atoms with Gasteiger partial charge in [-0.3, -0.25) is 4.79 Å². The molecule has 118 valence electrons. The molecule has 0 bridgehead atoms. The van der Waals surface area contributed by atoms with Gasteiger partial charge in [0.05, 0.1) is 16.4 Å². The highest BCUT2D eigenvalue weighted by atomic mass is 32.1. The number of hydrogen-bond acceptors (Lipinski definition) is 5. The zero-order valence-corrected chi connectivity index (χ0v) is 13.5. The minimum atomic E-state index is -0.536.